The van der Waals surface area contributed by atoms with Crippen LogP contribution in [0.2, 0.25) is 0 Å². The lowest BCUT2D eigenvalue weighted by Crippen LogP contribution is -2.43. The van der Waals surface area contributed by atoms with Crippen molar-refractivity contribution in [2.24, 2.45) is 5.73 Å². The minimum absolute atomic E-state index is 0.106. The lowest BCUT2D eigenvalue weighted by molar-refractivity contribution is -0.0526. The molecule has 2 aromatic rings. The maximum absolute atomic E-state index is 9.55. The Hall–Kier alpha value is -2.51. The van der Waals surface area contributed by atoms with Gasteiger partial charge < -0.3 is 19.9 Å². The van der Waals surface area contributed by atoms with Gasteiger partial charge >= 0.3 is 0 Å². The Labute approximate surface area is 138 Å². The number of thiocarbonyl (C=S) groups is 1. The maximum atomic E-state index is 9.55. The zero-order chi connectivity index (χ0) is 16.2. The van der Waals surface area contributed by atoms with Crippen molar-refractivity contribution in [2.75, 3.05) is 13.2 Å². The van der Waals surface area contributed by atoms with Crippen molar-refractivity contribution < 1.29 is 19.4 Å². The highest BCUT2D eigenvalue weighted by Crippen LogP contribution is 2.36. The van der Waals surface area contributed by atoms with Gasteiger partial charge in [0.15, 0.2) is 22.7 Å². The first-order valence-electron chi connectivity index (χ1n) is 7.04. The predicted molar refractivity (Wildman–Crippen MR) is 88.1 cm³/mol. The van der Waals surface area contributed by atoms with Gasteiger partial charge in [-0.05, 0) is 36.5 Å². The van der Waals surface area contributed by atoms with Crippen molar-refractivity contribution in [3.05, 3.63) is 48.5 Å². The zero-order valence-electron chi connectivity index (χ0n) is 12.2. The summed E-state index contributed by atoms with van der Waals surface area (Å²) >= 11 is 4.68. The molecule has 0 aromatic heterocycles. The van der Waals surface area contributed by atoms with Gasteiger partial charge in [-0.1, -0.05) is 18.2 Å². The van der Waals surface area contributed by atoms with Gasteiger partial charge in [-0.3, -0.25) is 5.21 Å². The second-order valence-corrected chi connectivity index (χ2v) is 5.41. The molecule has 0 fully saturated rings. The van der Waals surface area contributed by atoms with Crippen molar-refractivity contribution >= 4 is 17.3 Å². The second-order valence-electron chi connectivity index (χ2n) is 4.99. The van der Waals surface area contributed by atoms with E-state index in [-0.39, 0.29) is 24.4 Å². The molecule has 0 aliphatic carbocycles. The highest BCUT2D eigenvalue weighted by Gasteiger charge is 2.24. The molecule has 0 bridgehead atoms. The minimum Gasteiger partial charge on any atom is -0.486 e. The van der Waals surface area contributed by atoms with Crippen LogP contribution in [0, 0.1) is 0 Å². The number of hydroxylamine groups is 2. The molecule has 1 aliphatic rings. The van der Waals surface area contributed by atoms with E-state index < -0.39 is 0 Å². The number of fused-ring (bicyclic) bond motifs is 1. The van der Waals surface area contributed by atoms with E-state index in [1.807, 2.05) is 30.3 Å². The van der Waals surface area contributed by atoms with Crippen LogP contribution in [0.5, 0.6) is 23.0 Å². The van der Waals surface area contributed by atoms with E-state index >= 15 is 0 Å². The number of hydrogen-bond donors (Lipinski definition) is 2. The quantitative estimate of drug-likeness (QED) is 0.658. The molecule has 1 unspecified atom stereocenters. The largest absolute Gasteiger partial charge is 0.486 e. The van der Waals surface area contributed by atoms with E-state index in [0.29, 0.717) is 17.2 Å². The fraction of sp³-hybridized carbons (Fsp3) is 0.188. The topological polar surface area (TPSA) is 77.2 Å². The molecule has 0 saturated carbocycles. The van der Waals surface area contributed by atoms with Crippen LogP contribution in [0.25, 0.3) is 0 Å². The van der Waals surface area contributed by atoms with Gasteiger partial charge in [0, 0.05) is 6.07 Å². The number of nitrogens with two attached hydrogens (primary N) is 1. The van der Waals surface area contributed by atoms with Crippen LogP contribution in [0.1, 0.15) is 0 Å². The van der Waals surface area contributed by atoms with E-state index in [1.165, 1.54) is 0 Å². The molecule has 0 radical (unpaired) electrons. The Morgan fingerprint density at radius 3 is 2.74 bits per heavy atom. The van der Waals surface area contributed by atoms with Gasteiger partial charge in [0.05, 0.1) is 6.54 Å². The molecule has 2 aromatic carbocycles. The molecule has 23 heavy (non-hydrogen) atoms. The number of para-hydroxylation sites is 1. The van der Waals surface area contributed by atoms with E-state index in [2.05, 4.69) is 12.2 Å². The van der Waals surface area contributed by atoms with E-state index in [1.54, 1.807) is 18.2 Å². The zero-order valence-corrected chi connectivity index (χ0v) is 13.0. The number of rotatable bonds is 4. The van der Waals surface area contributed by atoms with Crippen LogP contribution < -0.4 is 19.9 Å². The second kappa shape index (κ2) is 6.72. The van der Waals surface area contributed by atoms with E-state index in [4.69, 9.17) is 19.9 Å². The molecule has 1 heterocycles. The van der Waals surface area contributed by atoms with Crippen molar-refractivity contribution in [3.63, 3.8) is 0 Å². The SMILES string of the molecule is NC(=S)N(O)CC1COc2cc(Oc3ccccc3)ccc2O1. The van der Waals surface area contributed by atoms with Gasteiger partial charge in [0.25, 0.3) is 0 Å². The fourth-order valence-electron chi connectivity index (χ4n) is 2.16. The summed E-state index contributed by atoms with van der Waals surface area (Å²) in [5.41, 5.74) is 5.34. The molecule has 120 valence electrons. The Balaban J connectivity index is 1.67. The van der Waals surface area contributed by atoms with Gasteiger partial charge in [-0.15, -0.1) is 0 Å². The molecule has 0 amide bonds. The van der Waals surface area contributed by atoms with Crippen LogP contribution in [0.4, 0.5) is 0 Å². The van der Waals surface area contributed by atoms with Gasteiger partial charge in [0.1, 0.15) is 18.1 Å². The highest BCUT2D eigenvalue weighted by molar-refractivity contribution is 7.80. The summed E-state index contributed by atoms with van der Waals surface area (Å²) in [4.78, 5) is 0. The van der Waals surface area contributed by atoms with Gasteiger partial charge in [-0.2, -0.15) is 0 Å². The summed E-state index contributed by atoms with van der Waals surface area (Å²) in [6.07, 6.45) is -0.366. The molecule has 1 atom stereocenters. The molecule has 0 saturated heterocycles. The first kappa shape index (κ1) is 15.4. The summed E-state index contributed by atoms with van der Waals surface area (Å²) in [6.45, 7) is 0.415. The highest BCUT2D eigenvalue weighted by atomic mass is 32.1. The molecule has 1 aliphatic heterocycles. The summed E-state index contributed by atoms with van der Waals surface area (Å²) in [5, 5.41) is 10.2. The molecule has 3 rings (SSSR count). The molecule has 3 N–H and O–H groups in total. The third-order valence-electron chi connectivity index (χ3n) is 3.24. The number of ether oxygens (including phenoxy) is 3. The standard InChI is InChI=1S/C16H16N2O4S/c17-16(23)18(19)9-13-10-20-15-8-12(6-7-14(15)22-13)21-11-4-2-1-3-5-11/h1-8,13,19H,9-10H2,(H2,17,23). The van der Waals surface area contributed by atoms with Crippen LogP contribution in [-0.2, 0) is 0 Å². The van der Waals surface area contributed by atoms with Crippen LogP contribution in [0.3, 0.4) is 0 Å². The Morgan fingerprint density at radius 2 is 2.00 bits per heavy atom. The normalized spacial score (nSPS) is 15.8. The molecule has 7 heteroatoms. The summed E-state index contributed by atoms with van der Waals surface area (Å²) < 4.78 is 17.2. The van der Waals surface area contributed by atoms with E-state index in [0.717, 1.165) is 10.8 Å². The Morgan fingerprint density at radius 1 is 1.22 bits per heavy atom. The first-order valence-corrected chi connectivity index (χ1v) is 7.45. The van der Waals surface area contributed by atoms with E-state index in [9.17, 15) is 5.21 Å². The van der Waals surface area contributed by atoms with Gasteiger partial charge in [-0.25, -0.2) is 5.06 Å². The average molecular weight is 332 g/mol. The first-order chi connectivity index (χ1) is 11.1. The maximum Gasteiger partial charge on any atom is 0.190 e. The number of benzene rings is 2. The summed E-state index contributed by atoms with van der Waals surface area (Å²) in [5.74, 6) is 2.57. The summed E-state index contributed by atoms with van der Waals surface area (Å²) in [7, 11) is 0. The van der Waals surface area contributed by atoms with Crippen LogP contribution in [-0.4, -0.2) is 34.6 Å². The Kier molecular flexibility index (Phi) is 4.50. The third-order valence-corrected chi connectivity index (χ3v) is 3.45. The van der Waals surface area contributed by atoms with Crippen molar-refractivity contribution in [2.45, 2.75) is 6.10 Å². The average Bonchev–Trinajstić information content (AvgIpc) is 2.56. The number of hydrogen-bond acceptors (Lipinski definition) is 5. The predicted octanol–water partition coefficient (Wildman–Crippen LogP) is 2.55. The van der Waals surface area contributed by atoms with Crippen molar-refractivity contribution in [1.82, 2.24) is 5.06 Å². The molecular formula is C16H16N2O4S. The van der Waals surface area contributed by atoms with Crippen molar-refractivity contribution in [3.8, 4) is 23.0 Å². The summed E-state index contributed by atoms with van der Waals surface area (Å²) in [6, 6.07) is 14.8. The molecular weight excluding hydrogens is 316 g/mol. The Bertz CT molecular complexity index is 696. The lowest BCUT2D eigenvalue weighted by Gasteiger charge is -2.29. The fourth-order valence-corrected chi connectivity index (χ4v) is 2.23. The minimum atomic E-state index is -0.366. The lowest BCUT2D eigenvalue weighted by atomic mass is 10.2. The third kappa shape index (κ3) is 3.82. The van der Waals surface area contributed by atoms with Crippen molar-refractivity contribution in [1.29, 1.82) is 0 Å². The smallest absolute Gasteiger partial charge is 0.190 e. The van der Waals surface area contributed by atoms with Crippen LogP contribution >= 0.6 is 12.2 Å². The molecule has 0 spiro atoms. The number of nitrogens with zero attached hydrogens (tertiary/aromatic N) is 1. The van der Waals surface area contributed by atoms with Crippen LogP contribution in [0.15, 0.2) is 48.5 Å². The van der Waals surface area contributed by atoms with Gasteiger partial charge in [0.2, 0.25) is 0 Å². The monoisotopic (exact) mass is 332 g/mol. The molecule has 6 nitrogen and oxygen atoms in total.